The molecule has 5 heteroatoms. The summed E-state index contributed by atoms with van der Waals surface area (Å²) in [7, 11) is 0. The van der Waals surface area contributed by atoms with Crippen LogP contribution in [-0.4, -0.2) is 41.6 Å². The molecule has 2 rings (SSSR count). The van der Waals surface area contributed by atoms with Crippen LogP contribution in [0.5, 0.6) is 0 Å². The molecule has 2 N–H and O–H groups in total. The Morgan fingerprint density at radius 2 is 2.47 bits per heavy atom. The number of nitrogens with two attached hydrogens (primary N) is 1. The van der Waals surface area contributed by atoms with Gasteiger partial charge in [0, 0.05) is 12.2 Å². The SMILES string of the molecule is CC1COCCN1C(=O)Cc1ccc(N)cn1. The van der Waals surface area contributed by atoms with Crippen molar-refractivity contribution in [2.75, 3.05) is 25.5 Å². The topological polar surface area (TPSA) is 68.5 Å². The van der Waals surface area contributed by atoms with Crippen LogP contribution in [0.1, 0.15) is 12.6 Å². The number of amides is 1. The van der Waals surface area contributed by atoms with Gasteiger partial charge in [-0.25, -0.2) is 0 Å². The maximum Gasteiger partial charge on any atom is 0.228 e. The van der Waals surface area contributed by atoms with Gasteiger partial charge in [0.1, 0.15) is 0 Å². The summed E-state index contributed by atoms with van der Waals surface area (Å²) in [6.45, 7) is 3.88. The molecule has 1 fully saturated rings. The summed E-state index contributed by atoms with van der Waals surface area (Å²) >= 11 is 0. The van der Waals surface area contributed by atoms with E-state index in [4.69, 9.17) is 10.5 Å². The molecule has 0 bridgehead atoms. The fourth-order valence-corrected chi connectivity index (χ4v) is 1.89. The first kappa shape index (κ1) is 11.9. The van der Waals surface area contributed by atoms with Crippen molar-refractivity contribution < 1.29 is 9.53 Å². The minimum atomic E-state index is 0.0954. The fraction of sp³-hybridized carbons (Fsp3) is 0.500. The number of aromatic nitrogens is 1. The van der Waals surface area contributed by atoms with Crippen LogP contribution >= 0.6 is 0 Å². The number of nitrogen functional groups attached to an aromatic ring is 1. The summed E-state index contributed by atoms with van der Waals surface area (Å²) in [5, 5.41) is 0. The third-order valence-electron chi connectivity index (χ3n) is 2.87. The standard InChI is InChI=1S/C12H17N3O2/c1-9-8-17-5-4-15(9)12(16)6-11-3-2-10(13)7-14-11/h2-3,7,9H,4-6,8,13H2,1H3. The lowest BCUT2D eigenvalue weighted by atomic mass is 10.2. The number of rotatable bonds is 2. The molecule has 0 saturated carbocycles. The molecule has 1 aliphatic rings. The van der Waals surface area contributed by atoms with Gasteiger partial charge in [-0.1, -0.05) is 0 Å². The molecule has 17 heavy (non-hydrogen) atoms. The van der Waals surface area contributed by atoms with Gasteiger partial charge in [0.25, 0.3) is 0 Å². The average molecular weight is 235 g/mol. The first-order chi connectivity index (χ1) is 8.16. The second-order valence-corrected chi connectivity index (χ2v) is 4.27. The van der Waals surface area contributed by atoms with Crippen molar-refractivity contribution in [1.82, 2.24) is 9.88 Å². The molecule has 0 aliphatic carbocycles. The summed E-state index contributed by atoms with van der Waals surface area (Å²) < 4.78 is 5.30. The minimum Gasteiger partial charge on any atom is -0.397 e. The van der Waals surface area contributed by atoms with E-state index >= 15 is 0 Å². The Morgan fingerprint density at radius 3 is 3.12 bits per heavy atom. The number of carbonyl (C=O) groups is 1. The first-order valence-corrected chi connectivity index (χ1v) is 5.74. The lowest BCUT2D eigenvalue weighted by Gasteiger charge is -2.33. The van der Waals surface area contributed by atoms with Crippen molar-refractivity contribution in [3.8, 4) is 0 Å². The lowest BCUT2D eigenvalue weighted by molar-refractivity contribution is -0.138. The van der Waals surface area contributed by atoms with Gasteiger partial charge in [-0.3, -0.25) is 9.78 Å². The van der Waals surface area contributed by atoms with E-state index in [-0.39, 0.29) is 11.9 Å². The van der Waals surface area contributed by atoms with Gasteiger partial charge >= 0.3 is 0 Å². The Morgan fingerprint density at radius 1 is 1.65 bits per heavy atom. The highest BCUT2D eigenvalue weighted by atomic mass is 16.5. The van der Waals surface area contributed by atoms with Crippen LogP contribution in [0.4, 0.5) is 5.69 Å². The van der Waals surface area contributed by atoms with Gasteiger partial charge < -0.3 is 15.4 Å². The molecule has 0 spiro atoms. The van der Waals surface area contributed by atoms with Crippen molar-refractivity contribution in [2.24, 2.45) is 0 Å². The van der Waals surface area contributed by atoms with Crippen LogP contribution < -0.4 is 5.73 Å². The van der Waals surface area contributed by atoms with E-state index < -0.39 is 0 Å². The van der Waals surface area contributed by atoms with E-state index in [1.807, 2.05) is 11.8 Å². The third kappa shape index (κ3) is 2.94. The Kier molecular flexibility index (Phi) is 3.58. The van der Waals surface area contributed by atoms with Crippen molar-refractivity contribution in [1.29, 1.82) is 0 Å². The zero-order valence-electron chi connectivity index (χ0n) is 9.93. The van der Waals surface area contributed by atoms with E-state index in [1.54, 1.807) is 18.3 Å². The normalized spacial score (nSPS) is 20.3. The van der Waals surface area contributed by atoms with Crippen LogP contribution in [0.25, 0.3) is 0 Å². The highest BCUT2D eigenvalue weighted by molar-refractivity contribution is 5.78. The van der Waals surface area contributed by atoms with Crippen molar-refractivity contribution in [3.05, 3.63) is 24.0 Å². The number of carbonyl (C=O) groups excluding carboxylic acids is 1. The smallest absolute Gasteiger partial charge is 0.228 e. The van der Waals surface area contributed by atoms with E-state index in [9.17, 15) is 4.79 Å². The molecule has 1 aliphatic heterocycles. The molecule has 0 radical (unpaired) electrons. The highest BCUT2D eigenvalue weighted by Crippen LogP contribution is 2.09. The predicted molar refractivity (Wildman–Crippen MR) is 64.3 cm³/mol. The van der Waals surface area contributed by atoms with Gasteiger partial charge in [-0.15, -0.1) is 0 Å². The lowest BCUT2D eigenvalue weighted by Crippen LogP contribution is -2.47. The predicted octanol–water partition coefficient (Wildman–Crippen LogP) is 0.454. The molecule has 1 amide bonds. The number of anilines is 1. The molecule has 5 nitrogen and oxygen atoms in total. The maximum absolute atomic E-state index is 12.1. The molecular weight excluding hydrogens is 218 g/mol. The molecular formula is C12H17N3O2. The molecule has 0 aromatic carbocycles. The number of hydrogen-bond donors (Lipinski definition) is 1. The van der Waals surface area contributed by atoms with Gasteiger partial charge in [0.2, 0.25) is 5.91 Å². The summed E-state index contributed by atoms with van der Waals surface area (Å²) in [5.74, 6) is 0.0954. The highest BCUT2D eigenvalue weighted by Gasteiger charge is 2.23. The number of hydrogen-bond acceptors (Lipinski definition) is 4. The van der Waals surface area contributed by atoms with E-state index in [0.717, 1.165) is 5.69 Å². The quantitative estimate of drug-likeness (QED) is 0.808. The van der Waals surface area contributed by atoms with E-state index in [0.29, 0.717) is 31.9 Å². The van der Waals surface area contributed by atoms with Crippen molar-refractivity contribution >= 4 is 11.6 Å². The molecule has 2 heterocycles. The number of nitrogens with zero attached hydrogens (tertiary/aromatic N) is 2. The van der Waals surface area contributed by atoms with E-state index in [1.165, 1.54) is 0 Å². The number of ether oxygens (including phenoxy) is 1. The zero-order valence-corrected chi connectivity index (χ0v) is 9.93. The molecule has 1 atom stereocenters. The summed E-state index contributed by atoms with van der Waals surface area (Å²) in [5.41, 5.74) is 6.91. The van der Waals surface area contributed by atoms with Crippen molar-refractivity contribution in [2.45, 2.75) is 19.4 Å². The molecule has 1 aromatic heterocycles. The Balaban J connectivity index is 1.98. The molecule has 1 saturated heterocycles. The van der Waals surface area contributed by atoms with Crippen LogP contribution in [-0.2, 0) is 16.0 Å². The second kappa shape index (κ2) is 5.14. The van der Waals surface area contributed by atoms with Gasteiger partial charge in [-0.05, 0) is 19.1 Å². The summed E-state index contributed by atoms with van der Waals surface area (Å²) in [4.78, 5) is 18.0. The summed E-state index contributed by atoms with van der Waals surface area (Å²) in [6.07, 6.45) is 1.90. The van der Waals surface area contributed by atoms with Gasteiger partial charge in [0.15, 0.2) is 0 Å². The van der Waals surface area contributed by atoms with Crippen LogP contribution in [0.2, 0.25) is 0 Å². The maximum atomic E-state index is 12.1. The average Bonchev–Trinajstić information content (AvgIpc) is 2.32. The Hall–Kier alpha value is -1.62. The van der Waals surface area contributed by atoms with Crippen LogP contribution in [0.15, 0.2) is 18.3 Å². The second-order valence-electron chi connectivity index (χ2n) is 4.27. The zero-order chi connectivity index (χ0) is 12.3. The number of morpholine rings is 1. The largest absolute Gasteiger partial charge is 0.397 e. The summed E-state index contributed by atoms with van der Waals surface area (Å²) in [6, 6.07) is 3.70. The third-order valence-corrected chi connectivity index (χ3v) is 2.87. The Labute approximate surface area is 101 Å². The van der Waals surface area contributed by atoms with Gasteiger partial charge in [-0.2, -0.15) is 0 Å². The molecule has 1 unspecified atom stereocenters. The van der Waals surface area contributed by atoms with Crippen molar-refractivity contribution in [3.63, 3.8) is 0 Å². The van der Waals surface area contributed by atoms with E-state index in [2.05, 4.69) is 4.98 Å². The molecule has 1 aromatic rings. The number of pyridine rings is 1. The monoisotopic (exact) mass is 235 g/mol. The van der Waals surface area contributed by atoms with Crippen LogP contribution in [0.3, 0.4) is 0 Å². The molecule has 92 valence electrons. The van der Waals surface area contributed by atoms with Crippen LogP contribution in [0, 0.1) is 0 Å². The Bertz CT molecular complexity index is 391. The minimum absolute atomic E-state index is 0.0954. The fourth-order valence-electron chi connectivity index (χ4n) is 1.89. The van der Waals surface area contributed by atoms with Gasteiger partial charge in [0.05, 0.1) is 37.6 Å². The first-order valence-electron chi connectivity index (χ1n) is 5.74.